The first-order valence-corrected chi connectivity index (χ1v) is 9.42. The smallest absolute Gasteiger partial charge is 0.255 e. The Balaban J connectivity index is 1.67. The van der Waals surface area contributed by atoms with E-state index in [2.05, 4.69) is 34.1 Å². The lowest BCUT2D eigenvalue weighted by Gasteiger charge is -2.25. The molecule has 0 atom stereocenters. The molecular weight excluding hydrogens is 334 g/mol. The number of amides is 1. The zero-order valence-corrected chi connectivity index (χ0v) is 15.3. The molecule has 1 aromatic heterocycles. The van der Waals surface area contributed by atoms with E-state index >= 15 is 0 Å². The number of hydrogen-bond donors (Lipinski definition) is 0. The van der Waals surface area contributed by atoms with Gasteiger partial charge in [0.1, 0.15) is 0 Å². The normalized spacial score (nSPS) is 13.6. The van der Waals surface area contributed by atoms with E-state index in [-0.39, 0.29) is 5.91 Å². The van der Waals surface area contributed by atoms with Crippen LogP contribution in [0.15, 0.2) is 79.1 Å². The van der Waals surface area contributed by atoms with Gasteiger partial charge < -0.3 is 9.80 Å². The molecule has 4 rings (SSSR count). The Labute approximate surface area is 160 Å². The lowest BCUT2D eigenvalue weighted by Crippen LogP contribution is -2.28. The molecule has 0 bridgehead atoms. The van der Waals surface area contributed by atoms with Gasteiger partial charge in [-0.3, -0.25) is 9.78 Å². The fraction of sp³-hybridized carbons (Fsp3) is 0.217. The zero-order chi connectivity index (χ0) is 18.5. The van der Waals surface area contributed by atoms with Crippen molar-refractivity contribution in [2.24, 2.45) is 0 Å². The summed E-state index contributed by atoms with van der Waals surface area (Å²) in [7, 11) is 0. The second-order valence-electron chi connectivity index (χ2n) is 6.84. The van der Waals surface area contributed by atoms with Crippen LogP contribution < -0.4 is 4.90 Å². The molecule has 27 heavy (non-hydrogen) atoms. The van der Waals surface area contributed by atoms with Crippen LogP contribution in [0.2, 0.25) is 0 Å². The van der Waals surface area contributed by atoms with Crippen LogP contribution in [0, 0.1) is 0 Å². The monoisotopic (exact) mass is 357 g/mol. The third-order valence-electron chi connectivity index (χ3n) is 4.93. The predicted molar refractivity (Wildman–Crippen MR) is 108 cm³/mol. The van der Waals surface area contributed by atoms with Crippen LogP contribution in [0.5, 0.6) is 0 Å². The summed E-state index contributed by atoms with van der Waals surface area (Å²) in [6, 6.07) is 22.5. The number of aromatic nitrogens is 1. The third-order valence-corrected chi connectivity index (χ3v) is 4.93. The second-order valence-corrected chi connectivity index (χ2v) is 6.84. The highest BCUT2D eigenvalue weighted by Gasteiger charge is 2.21. The van der Waals surface area contributed by atoms with Crippen molar-refractivity contribution in [2.75, 3.05) is 18.0 Å². The van der Waals surface area contributed by atoms with Crippen molar-refractivity contribution in [1.82, 2.24) is 9.88 Å². The molecule has 1 aliphatic rings. The van der Waals surface area contributed by atoms with Crippen LogP contribution >= 0.6 is 0 Å². The number of hydrogen-bond acceptors (Lipinski definition) is 3. The minimum Gasteiger partial charge on any atom is -0.339 e. The summed E-state index contributed by atoms with van der Waals surface area (Å²) in [5.41, 5.74) is 3.87. The van der Waals surface area contributed by atoms with Crippen molar-refractivity contribution in [3.63, 3.8) is 0 Å². The molecule has 1 saturated heterocycles. The van der Waals surface area contributed by atoms with Crippen LogP contribution in [0.25, 0.3) is 0 Å². The molecule has 0 N–H and O–H groups in total. The van der Waals surface area contributed by atoms with Gasteiger partial charge in [0.15, 0.2) is 0 Å². The molecule has 0 spiro atoms. The average Bonchev–Trinajstić information content (AvgIpc) is 3.28. The number of para-hydroxylation sites is 1. The topological polar surface area (TPSA) is 36.4 Å². The average molecular weight is 357 g/mol. The maximum absolute atomic E-state index is 12.8. The molecule has 4 nitrogen and oxygen atoms in total. The summed E-state index contributed by atoms with van der Waals surface area (Å²) in [6.07, 6.45) is 5.68. The van der Waals surface area contributed by atoms with Crippen molar-refractivity contribution >= 4 is 17.3 Å². The standard InChI is InChI=1S/C23H23N3O/c27-23(25-13-7-8-14-25)20-15-22(17-24-16-20)26(21-11-5-2-6-12-21)18-19-9-3-1-4-10-19/h1-6,9-12,15-17H,7-8,13-14,18H2. The van der Waals surface area contributed by atoms with Crippen molar-refractivity contribution in [3.05, 3.63) is 90.3 Å². The second kappa shape index (κ2) is 8.04. The largest absolute Gasteiger partial charge is 0.339 e. The van der Waals surface area contributed by atoms with Gasteiger partial charge in [-0.2, -0.15) is 0 Å². The molecule has 2 heterocycles. The van der Waals surface area contributed by atoms with Crippen LogP contribution in [0.4, 0.5) is 11.4 Å². The van der Waals surface area contributed by atoms with Gasteiger partial charge in [0.25, 0.3) is 5.91 Å². The maximum atomic E-state index is 12.8. The maximum Gasteiger partial charge on any atom is 0.255 e. The number of nitrogens with zero attached hydrogens (tertiary/aromatic N) is 3. The molecule has 0 unspecified atom stereocenters. The number of rotatable bonds is 5. The van der Waals surface area contributed by atoms with Gasteiger partial charge in [-0.25, -0.2) is 0 Å². The quantitative estimate of drug-likeness (QED) is 0.666. The summed E-state index contributed by atoms with van der Waals surface area (Å²) in [4.78, 5) is 21.3. The van der Waals surface area contributed by atoms with E-state index < -0.39 is 0 Å². The van der Waals surface area contributed by atoms with Gasteiger partial charge in [0, 0.05) is 31.5 Å². The Bertz CT molecular complexity index is 890. The van der Waals surface area contributed by atoms with Crippen molar-refractivity contribution in [2.45, 2.75) is 19.4 Å². The van der Waals surface area contributed by atoms with E-state index in [0.717, 1.165) is 37.3 Å². The Hall–Kier alpha value is -3.14. The van der Waals surface area contributed by atoms with Gasteiger partial charge in [0.2, 0.25) is 0 Å². The Morgan fingerprint density at radius 2 is 1.56 bits per heavy atom. The summed E-state index contributed by atoms with van der Waals surface area (Å²) in [5.74, 6) is 0.0783. The molecule has 1 amide bonds. The third kappa shape index (κ3) is 4.00. The van der Waals surface area contributed by atoms with E-state index in [1.54, 1.807) is 6.20 Å². The zero-order valence-electron chi connectivity index (χ0n) is 15.3. The predicted octanol–water partition coefficient (Wildman–Crippen LogP) is 4.66. The minimum atomic E-state index is 0.0783. The number of carbonyl (C=O) groups is 1. The highest BCUT2D eigenvalue weighted by Crippen LogP contribution is 2.28. The highest BCUT2D eigenvalue weighted by molar-refractivity contribution is 5.95. The molecule has 0 aliphatic carbocycles. The van der Waals surface area contributed by atoms with E-state index in [1.165, 1.54) is 5.56 Å². The molecule has 4 heteroatoms. The number of benzene rings is 2. The van der Waals surface area contributed by atoms with Crippen LogP contribution in [0.1, 0.15) is 28.8 Å². The highest BCUT2D eigenvalue weighted by atomic mass is 16.2. The van der Waals surface area contributed by atoms with Gasteiger partial charge in [-0.05, 0) is 36.6 Å². The summed E-state index contributed by atoms with van der Waals surface area (Å²) >= 11 is 0. The number of carbonyl (C=O) groups excluding carboxylic acids is 1. The van der Waals surface area contributed by atoms with E-state index in [1.807, 2.05) is 53.6 Å². The fourth-order valence-electron chi connectivity index (χ4n) is 3.50. The molecule has 0 saturated carbocycles. The van der Waals surface area contributed by atoms with Crippen molar-refractivity contribution in [3.8, 4) is 0 Å². The SMILES string of the molecule is O=C(c1cncc(N(Cc2ccccc2)c2ccccc2)c1)N1CCCC1. The number of likely N-dealkylation sites (tertiary alicyclic amines) is 1. The minimum absolute atomic E-state index is 0.0783. The Morgan fingerprint density at radius 3 is 2.26 bits per heavy atom. The van der Waals surface area contributed by atoms with E-state index in [4.69, 9.17) is 0 Å². The number of anilines is 2. The summed E-state index contributed by atoms with van der Waals surface area (Å²) in [5, 5.41) is 0. The van der Waals surface area contributed by atoms with Crippen molar-refractivity contribution in [1.29, 1.82) is 0 Å². The molecule has 0 radical (unpaired) electrons. The number of pyridine rings is 1. The van der Waals surface area contributed by atoms with Gasteiger partial charge in [0.05, 0.1) is 17.4 Å². The van der Waals surface area contributed by atoms with Gasteiger partial charge in [-0.1, -0.05) is 48.5 Å². The molecule has 1 aliphatic heterocycles. The van der Waals surface area contributed by atoms with Crippen LogP contribution in [-0.2, 0) is 6.54 Å². The van der Waals surface area contributed by atoms with Gasteiger partial charge in [-0.15, -0.1) is 0 Å². The Morgan fingerprint density at radius 1 is 0.889 bits per heavy atom. The fourth-order valence-corrected chi connectivity index (χ4v) is 3.50. The van der Waals surface area contributed by atoms with Crippen molar-refractivity contribution < 1.29 is 4.79 Å². The first-order valence-electron chi connectivity index (χ1n) is 9.42. The molecule has 2 aromatic carbocycles. The van der Waals surface area contributed by atoms with Crippen LogP contribution in [0.3, 0.4) is 0 Å². The molecule has 1 fully saturated rings. The Kier molecular flexibility index (Phi) is 5.15. The molecular formula is C23H23N3O. The lowest BCUT2D eigenvalue weighted by molar-refractivity contribution is 0.0792. The summed E-state index contributed by atoms with van der Waals surface area (Å²) < 4.78 is 0. The molecule has 136 valence electrons. The lowest BCUT2D eigenvalue weighted by atomic mass is 10.1. The van der Waals surface area contributed by atoms with E-state index in [9.17, 15) is 4.79 Å². The first-order chi connectivity index (χ1) is 13.3. The van der Waals surface area contributed by atoms with Gasteiger partial charge >= 0.3 is 0 Å². The molecule has 3 aromatic rings. The van der Waals surface area contributed by atoms with Crippen LogP contribution in [-0.4, -0.2) is 28.9 Å². The van der Waals surface area contributed by atoms with E-state index in [0.29, 0.717) is 12.1 Å². The summed E-state index contributed by atoms with van der Waals surface area (Å²) in [6.45, 7) is 2.40. The first kappa shape index (κ1) is 17.3.